The average molecular weight is 214 g/mol. The van der Waals surface area contributed by atoms with Gasteiger partial charge in [-0.05, 0) is 24.7 Å². The van der Waals surface area contributed by atoms with Crippen molar-refractivity contribution in [2.45, 2.75) is 39.0 Å². The Kier molecular flexibility index (Phi) is 4.12. The number of aliphatic carboxylic acids is 2. The highest BCUT2D eigenvalue weighted by Crippen LogP contribution is 2.33. The summed E-state index contributed by atoms with van der Waals surface area (Å²) < 4.78 is 0. The fourth-order valence-electron chi connectivity index (χ4n) is 2.10. The molecule has 0 aromatic heterocycles. The molecule has 0 amide bonds. The highest BCUT2D eigenvalue weighted by Gasteiger charge is 2.29. The van der Waals surface area contributed by atoms with Gasteiger partial charge >= 0.3 is 11.9 Å². The van der Waals surface area contributed by atoms with Crippen LogP contribution in [-0.4, -0.2) is 22.2 Å². The third-order valence-corrected chi connectivity index (χ3v) is 3.19. The SMILES string of the molecule is CC(CC1CCC1)CC(C(=O)O)C(=O)O. The summed E-state index contributed by atoms with van der Waals surface area (Å²) >= 11 is 0. The quantitative estimate of drug-likeness (QED) is 0.663. The van der Waals surface area contributed by atoms with Crippen molar-refractivity contribution in [1.29, 1.82) is 0 Å². The fraction of sp³-hybridized carbons (Fsp3) is 0.818. The Balaban J connectivity index is 2.35. The molecule has 86 valence electrons. The van der Waals surface area contributed by atoms with Gasteiger partial charge in [-0.3, -0.25) is 9.59 Å². The van der Waals surface area contributed by atoms with Crippen LogP contribution in [0, 0.1) is 17.8 Å². The number of hydrogen-bond donors (Lipinski definition) is 2. The second kappa shape index (κ2) is 5.14. The Morgan fingerprint density at radius 1 is 1.27 bits per heavy atom. The Bertz CT molecular complexity index is 231. The van der Waals surface area contributed by atoms with E-state index in [-0.39, 0.29) is 12.3 Å². The number of carboxylic acids is 2. The lowest BCUT2D eigenvalue weighted by atomic mass is 9.77. The molecule has 4 heteroatoms. The van der Waals surface area contributed by atoms with Crippen LogP contribution in [0.2, 0.25) is 0 Å². The molecule has 0 bridgehead atoms. The topological polar surface area (TPSA) is 74.6 Å². The van der Waals surface area contributed by atoms with Gasteiger partial charge in [0.25, 0.3) is 0 Å². The molecule has 1 rings (SSSR count). The Hall–Kier alpha value is -1.06. The first-order valence-electron chi connectivity index (χ1n) is 5.46. The molecule has 0 radical (unpaired) electrons. The van der Waals surface area contributed by atoms with E-state index in [0.29, 0.717) is 5.92 Å². The van der Waals surface area contributed by atoms with Crippen molar-refractivity contribution in [1.82, 2.24) is 0 Å². The van der Waals surface area contributed by atoms with Gasteiger partial charge in [0.1, 0.15) is 0 Å². The fourth-order valence-corrected chi connectivity index (χ4v) is 2.10. The summed E-state index contributed by atoms with van der Waals surface area (Å²) in [5.41, 5.74) is 0. The normalized spacial score (nSPS) is 18.5. The molecule has 1 fully saturated rings. The van der Waals surface area contributed by atoms with E-state index in [1.54, 1.807) is 0 Å². The van der Waals surface area contributed by atoms with Crippen LogP contribution in [0.1, 0.15) is 39.0 Å². The van der Waals surface area contributed by atoms with Gasteiger partial charge in [-0.15, -0.1) is 0 Å². The summed E-state index contributed by atoms with van der Waals surface area (Å²) in [6.07, 6.45) is 4.92. The van der Waals surface area contributed by atoms with Crippen molar-refractivity contribution in [3.8, 4) is 0 Å². The van der Waals surface area contributed by atoms with Gasteiger partial charge in [-0.25, -0.2) is 0 Å². The minimum Gasteiger partial charge on any atom is -0.481 e. The van der Waals surface area contributed by atoms with Gasteiger partial charge in [0.2, 0.25) is 0 Å². The summed E-state index contributed by atoms with van der Waals surface area (Å²) in [6.45, 7) is 1.94. The van der Waals surface area contributed by atoms with E-state index in [1.807, 2.05) is 6.92 Å². The molecule has 0 aromatic carbocycles. The van der Waals surface area contributed by atoms with Gasteiger partial charge in [-0.1, -0.05) is 26.2 Å². The summed E-state index contributed by atoms with van der Waals surface area (Å²) in [5.74, 6) is -2.79. The van der Waals surface area contributed by atoms with E-state index < -0.39 is 17.9 Å². The molecule has 15 heavy (non-hydrogen) atoms. The number of carbonyl (C=O) groups is 2. The van der Waals surface area contributed by atoms with Crippen LogP contribution in [0.3, 0.4) is 0 Å². The van der Waals surface area contributed by atoms with E-state index in [9.17, 15) is 9.59 Å². The third kappa shape index (κ3) is 3.53. The van der Waals surface area contributed by atoms with E-state index in [2.05, 4.69) is 0 Å². The van der Waals surface area contributed by atoms with E-state index in [0.717, 1.165) is 6.42 Å². The van der Waals surface area contributed by atoms with Crippen LogP contribution >= 0.6 is 0 Å². The number of hydrogen-bond acceptors (Lipinski definition) is 2. The standard InChI is InChI=1S/C11H18O4/c1-7(5-8-3-2-4-8)6-9(10(12)13)11(14)15/h7-9H,2-6H2,1H3,(H,12,13)(H,14,15). The number of rotatable bonds is 6. The summed E-state index contributed by atoms with van der Waals surface area (Å²) in [5, 5.41) is 17.4. The molecular formula is C11H18O4. The molecule has 1 saturated carbocycles. The first-order valence-corrected chi connectivity index (χ1v) is 5.46. The molecule has 0 heterocycles. The predicted molar refractivity (Wildman–Crippen MR) is 54.5 cm³/mol. The number of carboxylic acid groups (broad SMARTS) is 2. The third-order valence-electron chi connectivity index (χ3n) is 3.19. The van der Waals surface area contributed by atoms with Crippen LogP contribution in [0.15, 0.2) is 0 Å². The average Bonchev–Trinajstić information content (AvgIpc) is 2.06. The molecule has 2 N–H and O–H groups in total. The molecular weight excluding hydrogens is 196 g/mol. The van der Waals surface area contributed by atoms with Crippen LogP contribution in [0.25, 0.3) is 0 Å². The minimum atomic E-state index is -1.24. The second-order valence-electron chi connectivity index (χ2n) is 4.60. The first-order chi connectivity index (χ1) is 7.00. The van der Waals surface area contributed by atoms with Crippen molar-refractivity contribution in [2.75, 3.05) is 0 Å². The molecule has 1 aliphatic rings. The van der Waals surface area contributed by atoms with Crippen LogP contribution in [-0.2, 0) is 9.59 Å². The van der Waals surface area contributed by atoms with Gasteiger partial charge in [-0.2, -0.15) is 0 Å². The highest BCUT2D eigenvalue weighted by atomic mass is 16.4. The van der Waals surface area contributed by atoms with E-state index >= 15 is 0 Å². The zero-order chi connectivity index (χ0) is 11.4. The summed E-state index contributed by atoms with van der Waals surface area (Å²) in [7, 11) is 0. The zero-order valence-corrected chi connectivity index (χ0v) is 8.98. The van der Waals surface area contributed by atoms with Crippen LogP contribution in [0.5, 0.6) is 0 Å². The van der Waals surface area contributed by atoms with Crippen molar-refractivity contribution >= 4 is 11.9 Å². The minimum absolute atomic E-state index is 0.187. The maximum Gasteiger partial charge on any atom is 0.317 e. The van der Waals surface area contributed by atoms with Gasteiger partial charge in [0.05, 0.1) is 0 Å². The molecule has 1 atom stereocenters. The van der Waals surface area contributed by atoms with Gasteiger partial charge in [0.15, 0.2) is 5.92 Å². The smallest absolute Gasteiger partial charge is 0.317 e. The lowest BCUT2D eigenvalue weighted by Gasteiger charge is -2.28. The van der Waals surface area contributed by atoms with Crippen molar-refractivity contribution in [3.63, 3.8) is 0 Å². The zero-order valence-electron chi connectivity index (χ0n) is 8.98. The monoisotopic (exact) mass is 214 g/mol. The Morgan fingerprint density at radius 2 is 1.80 bits per heavy atom. The van der Waals surface area contributed by atoms with Crippen molar-refractivity contribution in [2.24, 2.45) is 17.8 Å². The van der Waals surface area contributed by atoms with Crippen molar-refractivity contribution < 1.29 is 19.8 Å². The lowest BCUT2D eigenvalue weighted by Crippen LogP contribution is -2.26. The van der Waals surface area contributed by atoms with Crippen molar-refractivity contribution in [3.05, 3.63) is 0 Å². The van der Waals surface area contributed by atoms with E-state index in [1.165, 1.54) is 19.3 Å². The summed E-state index contributed by atoms with van der Waals surface area (Å²) in [4.78, 5) is 21.3. The largest absolute Gasteiger partial charge is 0.481 e. The second-order valence-corrected chi connectivity index (χ2v) is 4.60. The molecule has 1 unspecified atom stereocenters. The molecule has 0 saturated heterocycles. The summed E-state index contributed by atoms with van der Waals surface area (Å²) in [6, 6.07) is 0. The molecule has 1 aliphatic carbocycles. The highest BCUT2D eigenvalue weighted by molar-refractivity contribution is 5.92. The maximum atomic E-state index is 10.7. The van der Waals surface area contributed by atoms with Crippen LogP contribution in [0.4, 0.5) is 0 Å². The molecule has 0 spiro atoms. The predicted octanol–water partition coefficient (Wildman–Crippen LogP) is 1.99. The molecule has 4 nitrogen and oxygen atoms in total. The van der Waals surface area contributed by atoms with Gasteiger partial charge in [0, 0.05) is 0 Å². The maximum absolute atomic E-state index is 10.7. The van der Waals surface area contributed by atoms with Gasteiger partial charge < -0.3 is 10.2 Å². The lowest BCUT2D eigenvalue weighted by molar-refractivity contribution is -0.155. The Labute approximate surface area is 89.3 Å². The van der Waals surface area contributed by atoms with E-state index in [4.69, 9.17) is 10.2 Å². The molecule has 0 aromatic rings. The first kappa shape index (κ1) is 12.0. The molecule has 0 aliphatic heterocycles. The van der Waals surface area contributed by atoms with Crippen LogP contribution < -0.4 is 0 Å². The Morgan fingerprint density at radius 3 is 2.13 bits per heavy atom.